The molecule has 2 N–H and O–H groups in total. The summed E-state index contributed by atoms with van der Waals surface area (Å²) in [4.78, 5) is 11.2. The van der Waals surface area contributed by atoms with Crippen molar-refractivity contribution >= 4 is 5.91 Å². The lowest BCUT2D eigenvalue weighted by molar-refractivity contribution is -0.123. The summed E-state index contributed by atoms with van der Waals surface area (Å²) in [6.07, 6.45) is 1.34. The molecule has 0 radical (unpaired) electrons. The van der Waals surface area contributed by atoms with Crippen molar-refractivity contribution in [3.63, 3.8) is 0 Å². The smallest absolute Gasteiger partial charge is 0.220 e. The van der Waals surface area contributed by atoms with E-state index in [1.807, 2.05) is 20.8 Å². The number of rotatable bonds is 5. The normalized spacial score (nSPS) is 11.3. The monoisotopic (exact) mass is 173 g/mol. The molecule has 72 valence electrons. The third-order valence-electron chi connectivity index (χ3n) is 1.64. The first-order chi connectivity index (χ1) is 5.52. The van der Waals surface area contributed by atoms with Crippen molar-refractivity contribution in [2.45, 2.75) is 33.6 Å². The highest BCUT2D eigenvalue weighted by Gasteiger charge is 2.20. The van der Waals surface area contributed by atoms with E-state index in [0.29, 0.717) is 6.42 Å². The van der Waals surface area contributed by atoms with Gasteiger partial charge in [0.1, 0.15) is 0 Å². The van der Waals surface area contributed by atoms with Crippen molar-refractivity contribution in [2.24, 2.45) is 5.41 Å². The fourth-order valence-corrected chi connectivity index (χ4v) is 0.817. The maximum atomic E-state index is 11.2. The number of carbonyl (C=O) groups excluding carboxylic acids is 1. The predicted molar refractivity (Wildman–Crippen MR) is 48.8 cm³/mol. The second-order valence-corrected chi connectivity index (χ2v) is 3.85. The van der Waals surface area contributed by atoms with Gasteiger partial charge in [0.15, 0.2) is 0 Å². The molecule has 0 aromatic heterocycles. The molecule has 1 amide bonds. The Labute approximate surface area is 74.2 Å². The van der Waals surface area contributed by atoms with E-state index >= 15 is 0 Å². The molecular weight excluding hydrogens is 154 g/mol. The van der Waals surface area contributed by atoms with Crippen LogP contribution in [0, 0.1) is 5.41 Å². The Morgan fingerprint density at radius 1 is 1.50 bits per heavy atom. The highest BCUT2D eigenvalue weighted by Crippen LogP contribution is 2.18. The standard InChI is InChI=1S/C9H19NO2/c1-4-5-10-8(12)6-9(2,3)7-11/h11H,4-7H2,1-3H3,(H,10,12). The van der Waals surface area contributed by atoms with Gasteiger partial charge in [0.2, 0.25) is 5.91 Å². The summed E-state index contributed by atoms with van der Waals surface area (Å²) in [5, 5.41) is 11.7. The Morgan fingerprint density at radius 3 is 2.50 bits per heavy atom. The van der Waals surface area contributed by atoms with Crippen LogP contribution in [0.4, 0.5) is 0 Å². The Bertz CT molecular complexity index is 143. The molecule has 0 rings (SSSR count). The number of nitrogens with one attached hydrogen (secondary N) is 1. The molecule has 12 heavy (non-hydrogen) atoms. The average molecular weight is 173 g/mol. The Morgan fingerprint density at radius 2 is 2.08 bits per heavy atom. The molecule has 0 bridgehead atoms. The van der Waals surface area contributed by atoms with Gasteiger partial charge in [-0.3, -0.25) is 4.79 Å². The van der Waals surface area contributed by atoms with Crippen molar-refractivity contribution in [3.05, 3.63) is 0 Å². The zero-order valence-corrected chi connectivity index (χ0v) is 8.18. The largest absolute Gasteiger partial charge is 0.396 e. The SMILES string of the molecule is CCCNC(=O)CC(C)(C)CO. The van der Waals surface area contributed by atoms with E-state index in [1.165, 1.54) is 0 Å². The summed E-state index contributed by atoms with van der Waals surface area (Å²) in [6, 6.07) is 0. The Balaban J connectivity index is 3.68. The zero-order valence-electron chi connectivity index (χ0n) is 8.18. The van der Waals surface area contributed by atoms with Crippen LogP contribution < -0.4 is 5.32 Å². The lowest BCUT2D eigenvalue weighted by Gasteiger charge is -2.20. The molecule has 3 heteroatoms. The third-order valence-corrected chi connectivity index (χ3v) is 1.64. The number of carbonyl (C=O) groups is 1. The molecule has 0 aliphatic heterocycles. The van der Waals surface area contributed by atoms with Gasteiger partial charge in [-0.25, -0.2) is 0 Å². The first-order valence-electron chi connectivity index (χ1n) is 4.39. The molecule has 3 nitrogen and oxygen atoms in total. The van der Waals surface area contributed by atoms with E-state index in [-0.39, 0.29) is 17.9 Å². The summed E-state index contributed by atoms with van der Waals surface area (Å²) in [5.74, 6) is 0.0240. The molecule has 0 aromatic carbocycles. The summed E-state index contributed by atoms with van der Waals surface area (Å²) in [5.41, 5.74) is -0.294. The van der Waals surface area contributed by atoms with Gasteiger partial charge in [-0.05, 0) is 11.8 Å². The zero-order chi connectivity index (χ0) is 9.61. The lowest BCUT2D eigenvalue weighted by atomic mass is 9.90. The van der Waals surface area contributed by atoms with Gasteiger partial charge in [-0.15, -0.1) is 0 Å². The van der Waals surface area contributed by atoms with E-state index in [4.69, 9.17) is 5.11 Å². The summed E-state index contributed by atoms with van der Waals surface area (Å²) in [7, 11) is 0. The van der Waals surface area contributed by atoms with E-state index in [2.05, 4.69) is 5.32 Å². The molecule has 0 saturated heterocycles. The van der Waals surface area contributed by atoms with Crippen LogP contribution in [0.25, 0.3) is 0 Å². The van der Waals surface area contributed by atoms with Crippen molar-refractivity contribution in [1.29, 1.82) is 0 Å². The first-order valence-corrected chi connectivity index (χ1v) is 4.39. The highest BCUT2D eigenvalue weighted by atomic mass is 16.3. The predicted octanol–water partition coefficient (Wildman–Crippen LogP) is 0.921. The first kappa shape index (κ1) is 11.4. The van der Waals surface area contributed by atoms with Crippen LogP contribution in [0.5, 0.6) is 0 Å². The molecule has 0 spiro atoms. The van der Waals surface area contributed by atoms with E-state index in [0.717, 1.165) is 13.0 Å². The summed E-state index contributed by atoms with van der Waals surface area (Å²) < 4.78 is 0. The van der Waals surface area contributed by atoms with Crippen molar-refractivity contribution in [3.8, 4) is 0 Å². The molecule has 0 aliphatic rings. The Kier molecular flexibility index (Phi) is 4.90. The minimum Gasteiger partial charge on any atom is -0.396 e. The van der Waals surface area contributed by atoms with Crippen LogP contribution in [0.1, 0.15) is 33.6 Å². The number of hydrogen-bond acceptors (Lipinski definition) is 2. The topological polar surface area (TPSA) is 49.3 Å². The quantitative estimate of drug-likeness (QED) is 0.649. The minimum atomic E-state index is -0.294. The van der Waals surface area contributed by atoms with Crippen LogP contribution in [0.2, 0.25) is 0 Å². The number of hydrogen-bond donors (Lipinski definition) is 2. The van der Waals surface area contributed by atoms with E-state index < -0.39 is 0 Å². The molecule has 0 aliphatic carbocycles. The van der Waals surface area contributed by atoms with Crippen LogP contribution in [-0.4, -0.2) is 24.2 Å². The van der Waals surface area contributed by atoms with Gasteiger partial charge in [0.05, 0.1) is 0 Å². The second kappa shape index (κ2) is 5.14. The molecular formula is C9H19NO2. The number of aliphatic hydroxyl groups excluding tert-OH is 1. The molecule has 0 atom stereocenters. The minimum absolute atomic E-state index is 0.0240. The average Bonchev–Trinajstić information content (AvgIpc) is 2.00. The molecule has 0 heterocycles. The second-order valence-electron chi connectivity index (χ2n) is 3.85. The molecule has 0 aromatic rings. The van der Waals surface area contributed by atoms with Gasteiger partial charge in [0, 0.05) is 19.6 Å². The Hall–Kier alpha value is -0.570. The van der Waals surface area contributed by atoms with Gasteiger partial charge < -0.3 is 10.4 Å². The van der Waals surface area contributed by atoms with Crippen LogP contribution in [0.3, 0.4) is 0 Å². The molecule has 0 fully saturated rings. The van der Waals surface area contributed by atoms with Gasteiger partial charge in [0.25, 0.3) is 0 Å². The maximum absolute atomic E-state index is 11.2. The fraction of sp³-hybridized carbons (Fsp3) is 0.889. The molecule has 0 saturated carbocycles. The van der Waals surface area contributed by atoms with E-state index in [1.54, 1.807) is 0 Å². The van der Waals surface area contributed by atoms with Crippen molar-refractivity contribution in [1.82, 2.24) is 5.32 Å². The van der Waals surface area contributed by atoms with Gasteiger partial charge >= 0.3 is 0 Å². The van der Waals surface area contributed by atoms with Crippen LogP contribution in [-0.2, 0) is 4.79 Å². The lowest BCUT2D eigenvalue weighted by Crippen LogP contribution is -2.30. The van der Waals surface area contributed by atoms with Crippen LogP contribution in [0.15, 0.2) is 0 Å². The maximum Gasteiger partial charge on any atom is 0.220 e. The van der Waals surface area contributed by atoms with Gasteiger partial charge in [-0.2, -0.15) is 0 Å². The summed E-state index contributed by atoms with van der Waals surface area (Å²) in [6.45, 7) is 6.53. The van der Waals surface area contributed by atoms with Crippen molar-refractivity contribution in [2.75, 3.05) is 13.2 Å². The third kappa shape index (κ3) is 5.13. The number of aliphatic hydroxyl groups is 1. The van der Waals surface area contributed by atoms with Crippen molar-refractivity contribution < 1.29 is 9.90 Å². The van der Waals surface area contributed by atoms with E-state index in [9.17, 15) is 4.79 Å². The number of amides is 1. The highest BCUT2D eigenvalue weighted by molar-refractivity contribution is 5.76. The van der Waals surface area contributed by atoms with Crippen LogP contribution >= 0.6 is 0 Å². The van der Waals surface area contributed by atoms with Gasteiger partial charge in [-0.1, -0.05) is 20.8 Å². The molecule has 0 unspecified atom stereocenters. The fourth-order valence-electron chi connectivity index (χ4n) is 0.817. The summed E-state index contributed by atoms with van der Waals surface area (Å²) >= 11 is 0.